The van der Waals surface area contributed by atoms with Crippen molar-refractivity contribution in [1.29, 1.82) is 0 Å². The van der Waals surface area contributed by atoms with Crippen molar-refractivity contribution in [3.8, 4) is 16.9 Å². The van der Waals surface area contributed by atoms with E-state index >= 15 is 0 Å². The second kappa shape index (κ2) is 15.2. The van der Waals surface area contributed by atoms with E-state index in [1.165, 1.54) is 51.4 Å². The maximum atomic E-state index is 14.3. The monoisotopic (exact) mass is 668 g/mol. The summed E-state index contributed by atoms with van der Waals surface area (Å²) in [6.07, 6.45) is 9.75. The van der Waals surface area contributed by atoms with Crippen LogP contribution >= 0.6 is 0 Å². The van der Waals surface area contributed by atoms with Crippen molar-refractivity contribution >= 4 is 0 Å². The van der Waals surface area contributed by atoms with E-state index in [-0.39, 0.29) is 50.4 Å². The number of halogens is 7. The summed E-state index contributed by atoms with van der Waals surface area (Å²) in [6.45, 7) is 4.22. The van der Waals surface area contributed by atoms with Gasteiger partial charge >= 0.3 is 6.11 Å². The molecule has 1 nitrogen and oxygen atoms in total. The van der Waals surface area contributed by atoms with Gasteiger partial charge in [0.1, 0.15) is 22.9 Å². The molecule has 0 aliphatic heterocycles. The molecule has 0 heterocycles. The molecular formula is C33H34F7OY-. The predicted octanol–water partition coefficient (Wildman–Crippen LogP) is 10.7. The van der Waals surface area contributed by atoms with Crippen LogP contribution in [0.3, 0.4) is 0 Å². The van der Waals surface area contributed by atoms with E-state index in [1.807, 2.05) is 0 Å². The van der Waals surface area contributed by atoms with Gasteiger partial charge in [0.25, 0.3) is 0 Å². The van der Waals surface area contributed by atoms with Crippen molar-refractivity contribution in [2.45, 2.75) is 71.3 Å². The Kier molecular flexibility index (Phi) is 12.5. The topological polar surface area (TPSA) is 9.23 Å². The maximum Gasteiger partial charge on any atom is 0.432 e. The van der Waals surface area contributed by atoms with Crippen LogP contribution in [0.2, 0.25) is 0 Å². The van der Waals surface area contributed by atoms with Crippen molar-refractivity contribution in [3.63, 3.8) is 0 Å². The molecule has 2 fully saturated rings. The van der Waals surface area contributed by atoms with E-state index < -0.39 is 46.5 Å². The number of hydrogen-bond acceptors (Lipinski definition) is 1. The molecule has 0 spiro atoms. The van der Waals surface area contributed by atoms with E-state index in [0.29, 0.717) is 17.7 Å². The molecule has 2 saturated carbocycles. The zero-order chi connectivity index (χ0) is 29.7. The van der Waals surface area contributed by atoms with Gasteiger partial charge in [0.05, 0.1) is 0 Å². The summed E-state index contributed by atoms with van der Waals surface area (Å²) in [5, 5.41) is 0. The van der Waals surface area contributed by atoms with Crippen LogP contribution in [0.4, 0.5) is 30.7 Å². The Bertz CT molecular complexity index is 1270. The molecular weight excluding hydrogens is 634 g/mol. The fraction of sp³-hybridized carbons (Fsp3) is 0.424. The van der Waals surface area contributed by atoms with Gasteiger partial charge in [0.15, 0.2) is 17.5 Å². The summed E-state index contributed by atoms with van der Waals surface area (Å²) in [6, 6.07) is 8.12. The Labute approximate surface area is 268 Å². The molecule has 0 aromatic heterocycles. The van der Waals surface area contributed by atoms with Gasteiger partial charge in [-0.15, -0.1) is 0 Å². The standard InChI is InChI=1S/C20H11F7O.C13H23.Y/c1-10-2-4-11(5-3-10)12-6-14(21)18(15(22)7-12)20(26,27)28-13-8-16(23)19(25)17(24)9-13;1-11-7-9-13(10-8-11)12-5-3-2-4-6-12;/h2-9H,1H3;2,11-13H,3-10H2,1H3;/q;-1;. The van der Waals surface area contributed by atoms with Crippen molar-refractivity contribution < 1.29 is 68.2 Å². The average molecular weight is 669 g/mol. The van der Waals surface area contributed by atoms with Crippen molar-refractivity contribution in [3.05, 3.63) is 95.2 Å². The van der Waals surface area contributed by atoms with Crippen LogP contribution in [0.1, 0.15) is 69.4 Å². The smallest absolute Gasteiger partial charge is 0.429 e. The Balaban J connectivity index is 0.000000289. The average Bonchev–Trinajstić information content (AvgIpc) is 2.92. The first-order chi connectivity index (χ1) is 19.4. The zero-order valence-corrected chi connectivity index (χ0v) is 26.6. The zero-order valence-electron chi connectivity index (χ0n) is 23.7. The molecule has 9 heteroatoms. The molecule has 0 N–H and O–H groups in total. The first kappa shape index (κ1) is 34.6. The van der Waals surface area contributed by atoms with E-state index in [4.69, 9.17) is 0 Å². The normalized spacial score (nSPS) is 19.4. The van der Waals surface area contributed by atoms with Crippen LogP contribution in [0.25, 0.3) is 11.1 Å². The van der Waals surface area contributed by atoms with Crippen LogP contribution in [0.15, 0.2) is 48.5 Å². The van der Waals surface area contributed by atoms with Crippen LogP contribution in [-0.4, -0.2) is 0 Å². The SMILES string of the molecule is CC1CCC(C2CC[CH-]CC2)CC1.Cc1ccc(-c2cc(F)c(C(F)(F)Oc3cc(F)c(F)c(F)c3)c(F)c2)cc1.[Y]. The molecule has 0 saturated heterocycles. The quantitative estimate of drug-likeness (QED) is 0.149. The maximum absolute atomic E-state index is 14.3. The summed E-state index contributed by atoms with van der Waals surface area (Å²) in [4.78, 5) is 0. The summed E-state index contributed by atoms with van der Waals surface area (Å²) in [5.74, 6) is -6.64. The molecule has 2 aliphatic carbocycles. The third-order valence-corrected chi connectivity index (χ3v) is 8.13. The predicted molar refractivity (Wildman–Crippen MR) is 145 cm³/mol. The molecule has 2 aliphatic rings. The van der Waals surface area contributed by atoms with Crippen molar-refractivity contribution in [1.82, 2.24) is 0 Å². The molecule has 0 unspecified atom stereocenters. The Hall–Kier alpha value is -1.93. The van der Waals surface area contributed by atoms with Gasteiger partial charge in [-0.2, -0.15) is 21.6 Å². The minimum absolute atomic E-state index is 0. The van der Waals surface area contributed by atoms with Crippen LogP contribution < -0.4 is 4.74 Å². The number of benzene rings is 3. The number of alkyl halides is 2. The summed E-state index contributed by atoms with van der Waals surface area (Å²) in [7, 11) is 0. The van der Waals surface area contributed by atoms with Crippen LogP contribution in [0, 0.1) is 60.2 Å². The summed E-state index contributed by atoms with van der Waals surface area (Å²) >= 11 is 0. The van der Waals surface area contributed by atoms with Gasteiger partial charge < -0.3 is 11.2 Å². The molecule has 1 radical (unpaired) electrons. The van der Waals surface area contributed by atoms with Gasteiger partial charge in [-0.05, 0) is 60.8 Å². The molecule has 42 heavy (non-hydrogen) atoms. The van der Waals surface area contributed by atoms with Gasteiger partial charge in [0, 0.05) is 44.8 Å². The fourth-order valence-corrected chi connectivity index (χ4v) is 5.74. The fourth-order valence-electron chi connectivity index (χ4n) is 5.74. The van der Waals surface area contributed by atoms with Gasteiger partial charge in [-0.3, -0.25) is 0 Å². The van der Waals surface area contributed by atoms with E-state index in [1.54, 1.807) is 31.2 Å². The molecule has 3 aromatic rings. The van der Waals surface area contributed by atoms with E-state index in [2.05, 4.69) is 18.1 Å². The third-order valence-electron chi connectivity index (χ3n) is 8.13. The Morgan fingerprint density at radius 2 is 1.19 bits per heavy atom. The van der Waals surface area contributed by atoms with Crippen molar-refractivity contribution in [2.24, 2.45) is 17.8 Å². The Morgan fingerprint density at radius 1 is 0.690 bits per heavy atom. The van der Waals surface area contributed by atoms with Gasteiger partial charge in [0.2, 0.25) is 0 Å². The molecule has 225 valence electrons. The minimum Gasteiger partial charge on any atom is -0.429 e. The second-order valence-electron chi connectivity index (χ2n) is 11.2. The summed E-state index contributed by atoms with van der Waals surface area (Å²) < 4.78 is 100. The second-order valence-corrected chi connectivity index (χ2v) is 11.2. The van der Waals surface area contributed by atoms with Crippen LogP contribution in [-0.2, 0) is 38.8 Å². The molecule has 3 aromatic carbocycles. The first-order valence-corrected chi connectivity index (χ1v) is 14.0. The number of hydrogen-bond donors (Lipinski definition) is 0. The number of ether oxygens (including phenoxy) is 1. The molecule has 5 rings (SSSR count). The van der Waals surface area contributed by atoms with E-state index in [0.717, 1.165) is 23.3 Å². The van der Waals surface area contributed by atoms with Crippen LogP contribution in [0.5, 0.6) is 5.75 Å². The number of rotatable bonds is 5. The van der Waals surface area contributed by atoms with Gasteiger partial charge in [-0.1, -0.05) is 62.4 Å². The third kappa shape index (κ3) is 8.81. The molecule has 0 amide bonds. The Morgan fingerprint density at radius 3 is 1.71 bits per heavy atom. The van der Waals surface area contributed by atoms with Crippen molar-refractivity contribution in [2.75, 3.05) is 0 Å². The minimum atomic E-state index is -4.61. The molecule has 0 bridgehead atoms. The first-order valence-electron chi connectivity index (χ1n) is 14.0. The largest absolute Gasteiger partial charge is 0.432 e. The molecule has 0 atom stereocenters. The van der Waals surface area contributed by atoms with E-state index in [9.17, 15) is 30.7 Å². The van der Waals surface area contributed by atoms with Gasteiger partial charge in [-0.25, -0.2) is 22.0 Å². The number of aryl methyl sites for hydroxylation is 1. The summed E-state index contributed by atoms with van der Waals surface area (Å²) in [5.41, 5.74) is -0.455.